The molecule has 94 valence electrons. The van der Waals surface area contributed by atoms with E-state index in [4.69, 9.17) is 0 Å². The topological polar surface area (TPSA) is 41.1 Å². The van der Waals surface area contributed by atoms with E-state index in [1.54, 1.807) is 11.3 Å². The zero-order valence-electron chi connectivity index (χ0n) is 9.67. The van der Waals surface area contributed by atoms with Gasteiger partial charge in [0, 0.05) is 30.4 Å². The van der Waals surface area contributed by atoms with Crippen molar-refractivity contribution in [2.45, 2.75) is 31.7 Å². The molecule has 5 heteroatoms. The lowest BCUT2D eigenvalue weighted by molar-refractivity contribution is -0.120. The lowest BCUT2D eigenvalue weighted by Crippen LogP contribution is -2.29. The summed E-state index contributed by atoms with van der Waals surface area (Å²) in [6, 6.07) is 4.82. The van der Waals surface area contributed by atoms with E-state index in [9.17, 15) is 4.79 Å². The molecule has 1 aromatic heterocycles. The smallest absolute Gasteiger partial charge is 0.221 e. The monoisotopic (exact) mass is 316 g/mol. The van der Waals surface area contributed by atoms with Crippen molar-refractivity contribution in [1.29, 1.82) is 0 Å². The van der Waals surface area contributed by atoms with Gasteiger partial charge in [0.2, 0.25) is 5.91 Å². The molecule has 0 aliphatic heterocycles. The number of nitrogens with one attached hydrogen (secondary N) is 2. The largest absolute Gasteiger partial charge is 0.356 e. The van der Waals surface area contributed by atoms with E-state index in [0.717, 1.165) is 23.3 Å². The number of halogens is 1. The normalized spacial score (nSPS) is 14.9. The maximum atomic E-state index is 11.5. The molecule has 2 rings (SSSR count). The van der Waals surface area contributed by atoms with Gasteiger partial charge in [0.1, 0.15) is 0 Å². The van der Waals surface area contributed by atoms with Crippen molar-refractivity contribution in [2.75, 3.05) is 13.1 Å². The summed E-state index contributed by atoms with van der Waals surface area (Å²) in [6.45, 7) is 1.54. The van der Waals surface area contributed by atoms with Crippen LogP contribution >= 0.6 is 27.3 Å². The van der Waals surface area contributed by atoms with Crippen molar-refractivity contribution in [3.63, 3.8) is 0 Å². The molecule has 0 bridgehead atoms. The van der Waals surface area contributed by atoms with Crippen LogP contribution in [0.4, 0.5) is 0 Å². The van der Waals surface area contributed by atoms with E-state index in [1.807, 2.05) is 6.07 Å². The maximum Gasteiger partial charge on any atom is 0.221 e. The lowest BCUT2D eigenvalue weighted by atomic mass is 10.3. The van der Waals surface area contributed by atoms with Gasteiger partial charge in [-0.2, -0.15) is 0 Å². The van der Waals surface area contributed by atoms with Crippen LogP contribution in [-0.4, -0.2) is 25.0 Å². The van der Waals surface area contributed by atoms with E-state index in [2.05, 4.69) is 32.6 Å². The summed E-state index contributed by atoms with van der Waals surface area (Å²) in [4.78, 5) is 12.8. The van der Waals surface area contributed by atoms with Gasteiger partial charge in [-0.05, 0) is 47.3 Å². The van der Waals surface area contributed by atoms with Gasteiger partial charge in [-0.15, -0.1) is 11.3 Å². The molecular formula is C12H17BrN2OS. The number of hydrogen-bond acceptors (Lipinski definition) is 3. The van der Waals surface area contributed by atoms with Crippen LogP contribution in [0.5, 0.6) is 0 Å². The van der Waals surface area contributed by atoms with E-state index in [0.29, 0.717) is 12.5 Å². The molecular weight excluding hydrogens is 300 g/mol. The quantitative estimate of drug-likeness (QED) is 0.810. The second-order valence-electron chi connectivity index (χ2n) is 4.28. The van der Waals surface area contributed by atoms with E-state index >= 15 is 0 Å². The Morgan fingerprint density at radius 1 is 1.41 bits per heavy atom. The van der Waals surface area contributed by atoms with Gasteiger partial charge in [0.05, 0.1) is 3.79 Å². The summed E-state index contributed by atoms with van der Waals surface area (Å²) in [5, 5.41) is 6.28. The average molecular weight is 317 g/mol. The van der Waals surface area contributed by atoms with Crippen LogP contribution < -0.4 is 10.6 Å². The Balaban J connectivity index is 1.53. The Morgan fingerprint density at radius 3 is 2.88 bits per heavy atom. The van der Waals surface area contributed by atoms with Crippen LogP contribution in [0.15, 0.2) is 15.9 Å². The molecule has 1 aliphatic rings. The number of rotatable bonds is 7. The van der Waals surface area contributed by atoms with Crippen molar-refractivity contribution in [3.05, 3.63) is 20.8 Å². The maximum absolute atomic E-state index is 11.5. The highest BCUT2D eigenvalue weighted by Gasteiger charge is 2.19. The molecule has 1 saturated carbocycles. The molecule has 3 nitrogen and oxygen atoms in total. The van der Waals surface area contributed by atoms with Crippen LogP contribution in [0.25, 0.3) is 0 Å². The fraction of sp³-hybridized carbons (Fsp3) is 0.583. The number of hydrogen-bond donors (Lipinski definition) is 2. The molecule has 0 saturated heterocycles. The Kier molecular flexibility index (Phi) is 5.00. The van der Waals surface area contributed by atoms with Crippen molar-refractivity contribution in [1.82, 2.24) is 10.6 Å². The standard InChI is InChI=1S/C12H17BrN2OS/c13-11-4-3-10(17-11)5-7-15-12(16)6-8-14-9-1-2-9/h3-4,9,14H,1-2,5-8H2,(H,15,16). The van der Waals surface area contributed by atoms with Crippen LogP contribution in [0.1, 0.15) is 24.1 Å². The SMILES string of the molecule is O=C(CCNC1CC1)NCCc1ccc(Br)s1. The average Bonchev–Trinajstić information content (AvgIpc) is 3.02. The van der Waals surface area contributed by atoms with E-state index in [1.165, 1.54) is 17.7 Å². The molecule has 0 spiro atoms. The molecule has 1 fully saturated rings. The number of thiophene rings is 1. The Labute approximate surface area is 114 Å². The summed E-state index contributed by atoms with van der Waals surface area (Å²) >= 11 is 5.15. The summed E-state index contributed by atoms with van der Waals surface area (Å²) in [5.41, 5.74) is 0. The molecule has 1 amide bonds. The van der Waals surface area contributed by atoms with E-state index < -0.39 is 0 Å². The molecule has 1 aromatic rings. The minimum atomic E-state index is 0.147. The van der Waals surface area contributed by atoms with Crippen molar-refractivity contribution in [3.8, 4) is 0 Å². The first kappa shape index (κ1) is 13.1. The highest BCUT2D eigenvalue weighted by atomic mass is 79.9. The molecule has 0 radical (unpaired) electrons. The van der Waals surface area contributed by atoms with Crippen molar-refractivity contribution >= 4 is 33.2 Å². The fourth-order valence-electron chi connectivity index (χ4n) is 1.58. The lowest BCUT2D eigenvalue weighted by Gasteiger charge is -2.04. The van der Waals surface area contributed by atoms with Crippen LogP contribution in [-0.2, 0) is 11.2 Å². The van der Waals surface area contributed by atoms with Gasteiger partial charge in [0.25, 0.3) is 0 Å². The second kappa shape index (κ2) is 6.52. The molecule has 0 aromatic carbocycles. The van der Waals surface area contributed by atoms with Gasteiger partial charge in [-0.3, -0.25) is 4.79 Å². The first-order valence-electron chi connectivity index (χ1n) is 5.98. The van der Waals surface area contributed by atoms with Gasteiger partial charge in [-0.25, -0.2) is 0 Å². The minimum absolute atomic E-state index is 0.147. The highest BCUT2D eigenvalue weighted by molar-refractivity contribution is 9.11. The van der Waals surface area contributed by atoms with E-state index in [-0.39, 0.29) is 5.91 Å². The zero-order chi connectivity index (χ0) is 12.1. The molecule has 1 heterocycles. The van der Waals surface area contributed by atoms with Crippen molar-refractivity contribution < 1.29 is 4.79 Å². The van der Waals surface area contributed by atoms with Gasteiger partial charge >= 0.3 is 0 Å². The first-order chi connectivity index (χ1) is 8.24. The highest BCUT2D eigenvalue weighted by Crippen LogP contribution is 2.22. The summed E-state index contributed by atoms with van der Waals surface area (Å²) in [7, 11) is 0. The third-order valence-corrected chi connectivity index (χ3v) is 4.37. The summed E-state index contributed by atoms with van der Waals surface area (Å²) < 4.78 is 1.15. The minimum Gasteiger partial charge on any atom is -0.356 e. The summed E-state index contributed by atoms with van der Waals surface area (Å²) in [5.74, 6) is 0.147. The van der Waals surface area contributed by atoms with Gasteiger partial charge in [0.15, 0.2) is 0 Å². The predicted octanol–water partition coefficient (Wildman–Crippen LogP) is 2.31. The number of amides is 1. The molecule has 0 unspecified atom stereocenters. The second-order valence-corrected chi connectivity index (χ2v) is 6.83. The van der Waals surface area contributed by atoms with Crippen LogP contribution in [0.3, 0.4) is 0 Å². The van der Waals surface area contributed by atoms with Crippen LogP contribution in [0.2, 0.25) is 0 Å². The molecule has 17 heavy (non-hydrogen) atoms. The van der Waals surface area contributed by atoms with Crippen molar-refractivity contribution in [2.24, 2.45) is 0 Å². The number of carbonyl (C=O) groups excluding carboxylic acids is 1. The first-order valence-corrected chi connectivity index (χ1v) is 7.59. The van der Waals surface area contributed by atoms with Gasteiger partial charge < -0.3 is 10.6 Å². The molecule has 2 N–H and O–H groups in total. The third kappa shape index (κ3) is 5.19. The Morgan fingerprint density at radius 2 is 2.24 bits per heavy atom. The Bertz CT molecular complexity index is 376. The van der Waals surface area contributed by atoms with Gasteiger partial charge in [-0.1, -0.05) is 0 Å². The zero-order valence-corrected chi connectivity index (χ0v) is 12.1. The number of carbonyl (C=O) groups is 1. The summed E-state index contributed by atoms with van der Waals surface area (Å²) in [6.07, 6.45) is 4.05. The molecule has 0 atom stereocenters. The third-order valence-electron chi connectivity index (χ3n) is 2.68. The predicted molar refractivity (Wildman–Crippen MR) is 74.4 cm³/mol. The molecule has 1 aliphatic carbocycles. The fourth-order valence-corrected chi connectivity index (χ4v) is 3.06. The Hall–Kier alpha value is -0.390. The van der Waals surface area contributed by atoms with Crippen LogP contribution in [0, 0.1) is 0 Å².